The molecule has 1 saturated heterocycles. The van der Waals surface area contributed by atoms with Crippen molar-refractivity contribution < 1.29 is 9.59 Å². The van der Waals surface area contributed by atoms with E-state index in [2.05, 4.69) is 25.4 Å². The molecule has 138 valence electrons. The molecule has 3 aromatic rings. The number of carbonyl (C=O) groups excluding carboxylic acids is 2. The van der Waals surface area contributed by atoms with Gasteiger partial charge in [0.2, 0.25) is 0 Å². The molecule has 8 heteroatoms. The molecular weight excluding hydrogens is 362 g/mol. The van der Waals surface area contributed by atoms with Gasteiger partial charge in [0.15, 0.2) is 0 Å². The molecule has 27 heavy (non-hydrogen) atoms. The number of hydrogen-bond donors (Lipinski definition) is 2. The first kappa shape index (κ1) is 17.4. The van der Waals surface area contributed by atoms with Crippen LogP contribution < -0.4 is 10.2 Å². The molecule has 7 nitrogen and oxygen atoms in total. The van der Waals surface area contributed by atoms with Gasteiger partial charge in [-0.2, -0.15) is 5.10 Å². The molecule has 0 unspecified atom stereocenters. The Morgan fingerprint density at radius 1 is 1.26 bits per heavy atom. The van der Waals surface area contributed by atoms with Crippen LogP contribution in [0.2, 0.25) is 0 Å². The third-order valence-corrected chi connectivity index (χ3v) is 5.48. The number of aldehydes is 1. The van der Waals surface area contributed by atoms with Crippen molar-refractivity contribution in [2.75, 3.05) is 23.3 Å². The number of carbonyl (C=O) groups is 2. The minimum absolute atomic E-state index is 0.266. The van der Waals surface area contributed by atoms with Crippen LogP contribution in [0.5, 0.6) is 0 Å². The van der Waals surface area contributed by atoms with Crippen LogP contribution in [0, 0.1) is 0 Å². The van der Waals surface area contributed by atoms with Crippen LogP contribution in [0.1, 0.15) is 40.1 Å². The van der Waals surface area contributed by atoms with E-state index in [1.165, 1.54) is 17.8 Å². The van der Waals surface area contributed by atoms with Gasteiger partial charge in [0.25, 0.3) is 5.91 Å². The molecule has 3 heterocycles. The summed E-state index contributed by atoms with van der Waals surface area (Å²) in [5.74, 6) is -0.266. The summed E-state index contributed by atoms with van der Waals surface area (Å²) in [5.41, 5.74) is 3.40. The number of benzene rings is 1. The van der Waals surface area contributed by atoms with Crippen LogP contribution in [0.15, 0.2) is 36.0 Å². The molecule has 4 rings (SSSR count). The summed E-state index contributed by atoms with van der Waals surface area (Å²) in [6.07, 6.45) is 7.68. The molecular formula is C19H19N5O2S. The van der Waals surface area contributed by atoms with Gasteiger partial charge >= 0.3 is 0 Å². The second-order valence-electron chi connectivity index (χ2n) is 6.42. The van der Waals surface area contributed by atoms with Gasteiger partial charge in [-0.25, -0.2) is 4.98 Å². The van der Waals surface area contributed by atoms with Gasteiger partial charge in [-0.15, -0.1) is 11.3 Å². The summed E-state index contributed by atoms with van der Waals surface area (Å²) in [6.45, 7) is 1.85. The predicted molar refractivity (Wildman–Crippen MR) is 106 cm³/mol. The number of aromatic nitrogens is 3. The first-order valence-corrected chi connectivity index (χ1v) is 9.73. The highest BCUT2D eigenvalue weighted by atomic mass is 32.1. The first-order valence-electron chi connectivity index (χ1n) is 8.85. The van der Waals surface area contributed by atoms with Crippen LogP contribution in [0.3, 0.4) is 0 Å². The number of thiazole rings is 1. The Balaban J connectivity index is 1.58. The van der Waals surface area contributed by atoms with Gasteiger partial charge in [-0.3, -0.25) is 14.7 Å². The van der Waals surface area contributed by atoms with E-state index in [9.17, 15) is 9.59 Å². The molecule has 0 atom stereocenters. The van der Waals surface area contributed by atoms with Crippen LogP contribution in [0.25, 0.3) is 10.6 Å². The summed E-state index contributed by atoms with van der Waals surface area (Å²) in [6, 6.07) is 5.34. The lowest BCUT2D eigenvalue weighted by atomic mass is 10.1. The number of hydrogen-bond acceptors (Lipinski definition) is 6. The average Bonchev–Trinajstić information content (AvgIpc) is 3.40. The van der Waals surface area contributed by atoms with Gasteiger partial charge in [-0.1, -0.05) is 0 Å². The summed E-state index contributed by atoms with van der Waals surface area (Å²) in [4.78, 5) is 30.5. The summed E-state index contributed by atoms with van der Waals surface area (Å²) < 4.78 is 0. The van der Waals surface area contributed by atoms with E-state index in [1.807, 2.05) is 6.07 Å². The molecule has 1 amide bonds. The van der Waals surface area contributed by atoms with E-state index in [4.69, 9.17) is 0 Å². The summed E-state index contributed by atoms with van der Waals surface area (Å²) in [5, 5.41) is 12.1. The third kappa shape index (κ3) is 3.75. The maximum Gasteiger partial charge on any atom is 0.275 e. The van der Waals surface area contributed by atoms with E-state index in [0.29, 0.717) is 16.9 Å². The maximum atomic E-state index is 12.7. The van der Waals surface area contributed by atoms with Crippen molar-refractivity contribution >= 4 is 34.9 Å². The minimum atomic E-state index is -0.266. The molecule has 1 aliphatic rings. The zero-order valence-electron chi connectivity index (χ0n) is 14.6. The molecule has 1 aromatic carbocycles. The normalized spacial score (nSPS) is 14.1. The Hall–Kier alpha value is -3.00. The molecule has 1 fully saturated rings. The van der Waals surface area contributed by atoms with Gasteiger partial charge in [0, 0.05) is 35.8 Å². The van der Waals surface area contributed by atoms with E-state index >= 15 is 0 Å². The van der Waals surface area contributed by atoms with Crippen LogP contribution in [-0.2, 0) is 0 Å². The zero-order valence-corrected chi connectivity index (χ0v) is 15.5. The van der Waals surface area contributed by atoms with Crippen molar-refractivity contribution in [2.45, 2.75) is 19.3 Å². The number of rotatable bonds is 5. The van der Waals surface area contributed by atoms with E-state index in [1.54, 1.807) is 29.9 Å². The lowest BCUT2D eigenvalue weighted by Crippen LogP contribution is -2.30. The monoisotopic (exact) mass is 381 g/mol. The predicted octanol–water partition coefficient (Wildman–Crippen LogP) is 3.59. The number of piperidine rings is 1. The molecule has 1 aliphatic heterocycles. The third-order valence-electron chi connectivity index (χ3n) is 4.58. The van der Waals surface area contributed by atoms with Crippen molar-refractivity contribution in [2.24, 2.45) is 0 Å². The summed E-state index contributed by atoms with van der Waals surface area (Å²) in [7, 11) is 0. The summed E-state index contributed by atoms with van der Waals surface area (Å²) >= 11 is 1.40. The number of amides is 1. The largest absolute Gasteiger partial charge is 0.370 e. The number of aromatic amines is 1. The average molecular weight is 381 g/mol. The maximum absolute atomic E-state index is 12.7. The van der Waals surface area contributed by atoms with Gasteiger partial charge < -0.3 is 10.2 Å². The Labute approximate surface area is 160 Å². The fourth-order valence-electron chi connectivity index (χ4n) is 3.19. The molecule has 2 N–H and O–H groups in total. The lowest BCUT2D eigenvalue weighted by molar-refractivity contribution is 0.102. The van der Waals surface area contributed by atoms with E-state index in [0.717, 1.165) is 48.5 Å². The van der Waals surface area contributed by atoms with E-state index in [-0.39, 0.29) is 5.91 Å². The van der Waals surface area contributed by atoms with Gasteiger partial charge in [0.1, 0.15) is 17.0 Å². The smallest absolute Gasteiger partial charge is 0.275 e. The van der Waals surface area contributed by atoms with Gasteiger partial charge in [0.05, 0.1) is 17.6 Å². The highest BCUT2D eigenvalue weighted by Gasteiger charge is 2.18. The standard InChI is InChI=1S/C19H19N5O2S/c25-11-13-4-5-15(17(8-13)24-6-2-1-3-7-24)22-18(26)16-12-27-19(23-16)14-9-20-21-10-14/h4-5,8-12H,1-3,6-7H2,(H,20,21)(H,22,26). The number of anilines is 2. The van der Waals surface area contributed by atoms with Gasteiger partial charge in [-0.05, 0) is 37.5 Å². The second-order valence-corrected chi connectivity index (χ2v) is 7.28. The van der Waals surface area contributed by atoms with E-state index < -0.39 is 0 Å². The first-order chi connectivity index (χ1) is 13.2. The molecule has 0 saturated carbocycles. The fourth-order valence-corrected chi connectivity index (χ4v) is 3.97. The lowest BCUT2D eigenvalue weighted by Gasteiger charge is -2.30. The Morgan fingerprint density at radius 3 is 2.85 bits per heavy atom. The highest BCUT2D eigenvalue weighted by Crippen LogP contribution is 2.30. The quantitative estimate of drug-likeness (QED) is 0.659. The molecule has 0 bridgehead atoms. The minimum Gasteiger partial charge on any atom is -0.370 e. The van der Waals surface area contributed by atoms with Crippen molar-refractivity contribution in [1.29, 1.82) is 0 Å². The topological polar surface area (TPSA) is 91.0 Å². The van der Waals surface area contributed by atoms with Crippen LogP contribution in [0.4, 0.5) is 11.4 Å². The van der Waals surface area contributed by atoms with Crippen molar-refractivity contribution in [3.63, 3.8) is 0 Å². The van der Waals surface area contributed by atoms with Crippen molar-refractivity contribution in [1.82, 2.24) is 15.2 Å². The van der Waals surface area contributed by atoms with Crippen molar-refractivity contribution in [3.05, 3.63) is 47.2 Å². The highest BCUT2D eigenvalue weighted by molar-refractivity contribution is 7.13. The Bertz CT molecular complexity index is 945. The number of nitrogens with one attached hydrogen (secondary N) is 2. The molecule has 0 spiro atoms. The number of H-pyrrole nitrogens is 1. The SMILES string of the molecule is O=Cc1ccc(NC(=O)c2csc(-c3cn[nH]c3)n2)c(N2CCCCC2)c1. The van der Waals surface area contributed by atoms with Crippen LogP contribution in [-0.4, -0.2) is 40.5 Å². The molecule has 2 aromatic heterocycles. The second kappa shape index (κ2) is 7.71. The fraction of sp³-hybridized carbons (Fsp3) is 0.263. The van der Waals surface area contributed by atoms with Crippen molar-refractivity contribution in [3.8, 4) is 10.6 Å². The molecule has 0 aliphatic carbocycles. The van der Waals surface area contributed by atoms with Crippen LogP contribution >= 0.6 is 11.3 Å². The number of nitrogens with zero attached hydrogens (tertiary/aromatic N) is 3. The Kier molecular flexibility index (Phi) is 4.97. The molecule has 0 radical (unpaired) electrons. The Morgan fingerprint density at radius 2 is 2.11 bits per heavy atom. The zero-order chi connectivity index (χ0) is 18.6.